The van der Waals surface area contributed by atoms with Crippen LogP contribution in [0.25, 0.3) is 0 Å². The van der Waals surface area contributed by atoms with Gasteiger partial charge in [0.05, 0.1) is 11.8 Å². The predicted octanol–water partition coefficient (Wildman–Crippen LogP) is 4.39. The molecule has 0 heterocycles. The number of thioether (sulfide) groups is 1. The van der Waals surface area contributed by atoms with E-state index >= 15 is 0 Å². The lowest BCUT2D eigenvalue weighted by Crippen LogP contribution is -2.31. The molecule has 1 rings (SSSR count). The van der Waals surface area contributed by atoms with Crippen LogP contribution in [0.15, 0.2) is 24.3 Å². The van der Waals surface area contributed by atoms with Crippen molar-refractivity contribution in [2.75, 3.05) is 18.6 Å². The fraction of sp³-hybridized carbons (Fsp3) is 0.533. The van der Waals surface area contributed by atoms with E-state index in [9.17, 15) is 4.79 Å². The van der Waals surface area contributed by atoms with E-state index in [1.165, 1.54) is 12.8 Å². The van der Waals surface area contributed by atoms with Crippen molar-refractivity contribution in [2.24, 2.45) is 0 Å². The maximum absolute atomic E-state index is 12.1. The number of hydrogen-bond donors (Lipinski definition) is 0. The lowest BCUT2D eigenvalue weighted by atomic mass is 10.1. The van der Waals surface area contributed by atoms with Crippen LogP contribution in [-0.2, 0) is 4.79 Å². The third-order valence-electron chi connectivity index (χ3n) is 3.19. The van der Waals surface area contributed by atoms with Gasteiger partial charge in [0.25, 0.3) is 0 Å². The number of hydrogen-bond acceptors (Lipinski definition) is 2. The van der Waals surface area contributed by atoms with Crippen LogP contribution in [0.1, 0.15) is 38.3 Å². The minimum atomic E-state index is 0.0801. The molecule has 1 atom stereocenters. The van der Waals surface area contributed by atoms with E-state index in [-0.39, 0.29) is 11.9 Å². The highest BCUT2D eigenvalue weighted by Gasteiger charge is 2.16. The Hall–Kier alpha value is -0.670. The molecule has 106 valence electrons. The van der Waals surface area contributed by atoms with E-state index in [4.69, 9.17) is 11.6 Å². The molecule has 2 nitrogen and oxygen atoms in total. The minimum Gasteiger partial charge on any atom is -0.338 e. The second kappa shape index (κ2) is 8.49. The molecule has 0 fully saturated rings. The smallest absolute Gasteiger partial charge is 0.232 e. The highest BCUT2D eigenvalue weighted by molar-refractivity contribution is 7.99. The Morgan fingerprint density at radius 2 is 2.00 bits per heavy atom. The SMILES string of the molecule is CCCCSCC(=O)N(C)C(C)c1ccc(Cl)cc1. The van der Waals surface area contributed by atoms with Crippen LogP contribution in [0, 0.1) is 0 Å². The summed E-state index contributed by atoms with van der Waals surface area (Å²) in [6, 6.07) is 7.75. The van der Waals surface area contributed by atoms with Gasteiger partial charge < -0.3 is 4.90 Å². The molecule has 1 aromatic carbocycles. The zero-order chi connectivity index (χ0) is 14.3. The van der Waals surface area contributed by atoms with Crippen LogP contribution in [0.3, 0.4) is 0 Å². The summed E-state index contributed by atoms with van der Waals surface area (Å²) in [5, 5.41) is 0.722. The Balaban J connectivity index is 2.49. The van der Waals surface area contributed by atoms with E-state index in [0.717, 1.165) is 16.3 Å². The third-order valence-corrected chi connectivity index (χ3v) is 4.47. The van der Waals surface area contributed by atoms with E-state index in [1.807, 2.05) is 43.1 Å². The van der Waals surface area contributed by atoms with Gasteiger partial charge in [0, 0.05) is 12.1 Å². The summed E-state index contributed by atoms with van der Waals surface area (Å²) < 4.78 is 0. The number of carbonyl (C=O) groups excluding carboxylic acids is 1. The van der Waals surface area contributed by atoms with Crippen molar-refractivity contribution in [2.45, 2.75) is 32.7 Å². The molecular weight excluding hydrogens is 278 g/mol. The standard InChI is InChI=1S/C15H22ClNOS/c1-4-5-10-19-11-15(18)17(3)12(2)13-6-8-14(16)9-7-13/h6-9,12H,4-5,10-11H2,1-3H3. The van der Waals surface area contributed by atoms with Gasteiger partial charge in [-0.1, -0.05) is 37.1 Å². The summed E-state index contributed by atoms with van der Waals surface area (Å²) in [6.45, 7) is 4.20. The van der Waals surface area contributed by atoms with Crippen LogP contribution < -0.4 is 0 Å². The Morgan fingerprint density at radius 1 is 1.37 bits per heavy atom. The van der Waals surface area contributed by atoms with Crippen molar-refractivity contribution in [3.8, 4) is 0 Å². The summed E-state index contributed by atoms with van der Waals surface area (Å²) in [6.07, 6.45) is 2.35. The van der Waals surface area contributed by atoms with Gasteiger partial charge in [0.2, 0.25) is 5.91 Å². The van der Waals surface area contributed by atoms with Crippen LogP contribution in [0.5, 0.6) is 0 Å². The zero-order valence-corrected chi connectivity index (χ0v) is 13.4. The zero-order valence-electron chi connectivity index (χ0n) is 11.9. The molecule has 19 heavy (non-hydrogen) atoms. The molecule has 1 amide bonds. The first-order valence-corrected chi connectivity index (χ1v) is 8.18. The first-order valence-electron chi connectivity index (χ1n) is 6.65. The lowest BCUT2D eigenvalue weighted by Gasteiger charge is -2.25. The van der Waals surface area contributed by atoms with Gasteiger partial charge in [-0.15, -0.1) is 0 Å². The van der Waals surface area contributed by atoms with Gasteiger partial charge in [0.1, 0.15) is 0 Å². The van der Waals surface area contributed by atoms with Gasteiger partial charge in [-0.25, -0.2) is 0 Å². The van der Waals surface area contributed by atoms with Crippen molar-refractivity contribution in [1.29, 1.82) is 0 Å². The number of carbonyl (C=O) groups is 1. The summed E-state index contributed by atoms with van der Waals surface area (Å²) in [5.41, 5.74) is 1.11. The van der Waals surface area contributed by atoms with E-state index in [2.05, 4.69) is 6.92 Å². The number of halogens is 1. The van der Waals surface area contributed by atoms with E-state index in [0.29, 0.717) is 5.75 Å². The quantitative estimate of drug-likeness (QED) is 0.696. The van der Waals surface area contributed by atoms with Crippen molar-refractivity contribution >= 4 is 29.3 Å². The summed E-state index contributed by atoms with van der Waals surface area (Å²) in [4.78, 5) is 13.9. The van der Waals surface area contributed by atoms with Crippen molar-refractivity contribution in [3.05, 3.63) is 34.9 Å². The van der Waals surface area contributed by atoms with Crippen LogP contribution in [-0.4, -0.2) is 29.4 Å². The molecule has 0 N–H and O–H groups in total. The number of rotatable bonds is 7. The van der Waals surface area contributed by atoms with Crippen molar-refractivity contribution in [3.63, 3.8) is 0 Å². The van der Waals surface area contributed by atoms with Crippen molar-refractivity contribution < 1.29 is 4.79 Å². The van der Waals surface area contributed by atoms with Crippen LogP contribution in [0.4, 0.5) is 0 Å². The molecular formula is C15H22ClNOS. The summed E-state index contributed by atoms with van der Waals surface area (Å²) in [5.74, 6) is 1.81. The number of amides is 1. The summed E-state index contributed by atoms with van der Waals surface area (Å²) in [7, 11) is 1.86. The van der Waals surface area contributed by atoms with Gasteiger partial charge >= 0.3 is 0 Å². The van der Waals surface area contributed by atoms with Gasteiger partial charge in [-0.3, -0.25) is 4.79 Å². The van der Waals surface area contributed by atoms with Crippen molar-refractivity contribution in [1.82, 2.24) is 4.90 Å². The Morgan fingerprint density at radius 3 is 2.58 bits per heavy atom. The fourth-order valence-electron chi connectivity index (χ4n) is 1.69. The topological polar surface area (TPSA) is 20.3 Å². The summed E-state index contributed by atoms with van der Waals surface area (Å²) >= 11 is 7.59. The highest BCUT2D eigenvalue weighted by Crippen LogP contribution is 2.21. The molecule has 0 aromatic heterocycles. The second-order valence-electron chi connectivity index (χ2n) is 4.64. The van der Waals surface area contributed by atoms with E-state index < -0.39 is 0 Å². The Kier molecular flexibility index (Phi) is 7.32. The molecule has 0 saturated heterocycles. The van der Waals surface area contributed by atoms with E-state index in [1.54, 1.807) is 11.8 Å². The normalized spacial score (nSPS) is 12.2. The molecule has 0 saturated carbocycles. The molecule has 1 aromatic rings. The number of benzene rings is 1. The average Bonchev–Trinajstić information content (AvgIpc) is 2.42. The minimum absolute atomic E-state index is 0.0801. The molecule has 0 radical (unpaired) electrons. The lowest BCUT2D eigenvalue weighted by molar-refractivity contribution is -0.128. The fourth-order valence-corrected chi connectivity index (χ4v) is 2.83. The average molecular weight is 300 g/mol. The first-order chi connectivity index (χ1) is 9.06. The first kappa shape index (κ1) is 16.4. The third kappa shape index (κ3) is 5.45. The molecule has 0 aliphatic heterocycles. The Labute approximate surface area is 125 Å². The largest absolute Gasteiger partial charge is 0.338 e. The molecule has 1 unspecified atom stereocenters. The van der Waals surface area contributed by atoms with Gasteiger partial charge in [-0.2, -0.15) is 11.8 Å². The second-order valence-corrected chi connectivity index (χ2v) is 6.18. The molecule has 0 aliphatic rings. The van der Waals surface area contributed by atoms with Gasteiger partial charge in [-0.05, 0) is 36.8 Å². The maximum atomic E-state index is 12.1. The molecule has 0 aliphatic carbocycles. The Bertz CT molecular complexity index is 394. The highest BCUT2D eigenvalue weighted by atomic mass is 35.5. The number of unbranched alkanes of at least 4 members (excludes halogenated alkanes) is 1. The predicted molar refractivity (Wildman–Crippen MR) is 84.9 cm³/mol. The van der Waals surface area contributed by atoms with Crippen LogP contribution >= 0.6 is 23.4 Å². The van der Waals surface area contributed by atoms with Gasteiger partial charge in [0.15, 0.2) is 0 Å². The monoisotopic (exact) mass is 299 g/mol. The van der Waals surface area contributed by atoms with Crippen LogP contribution in [0.2, 0.25) is 5.02 Å². The maximum Gasteiger partial charge on any atom is 0.232 e. The number of nitrogens with zero attached hydrogens (tertiary/aromatic N) is 1. The molecule has 4 heteroatoms. The molecule has 0 spiro atoms. The molecule has 0 bridgehead atoms.